The predicted molar refractivity (Wildman–Crippen MR) is 118 cm³/mol. The third-order valence-corrected chi connectivity index (χ3v) is 5.06. The van der Waals surface area contributed by atoms with Crippen LogP contribution in [0, 0.1) is 19.8 Å². The van der Waals surface area contributed by atoms with Gasteiger partial charge in [0.15, 0.2) is 0 Å². The number of alkyl carbamates (subject to hydrolysis) is 1. The highest BCUT2D eigenvalue weighted by Crippen LogP contribution is 2.12. The van der Waals surface area contributed by atoms with Gasteiger partial charge in [-0.25, -0.2) is 9.59 Å². The van der Waals surface area contributed by atoms with E-state index in [1.165, 1.54) is 0 Å². The average Bonchev–Trinajstić information content (AvgIpc) is 2.73. The van der Waals surface area contributed by atoms with Crippen molar-refractivity contribution in [3.8, 4) is 0 Å². The Morgan fingerprint density at radius 2 is 1.61 bits per heavy atom. The number of amides is 2. The summed E-state index contributed by atoms with van der Waals surface area (Å²) >= 11 is 0. The van der Waals surface area contributed by atoms with Crippen molar-refractivity contribution in [3.05, 3.63) is 70.8 Å². The highest BCUT2D eigenvalue weighted by molar-refractivity contribution is 5.89. The molecular weight excluding hydrogens is 396 g/mol. The smallest absolute Gasteiger partial charge is 0.408 e. The van der Waals surface area contributed by atoms with Crippen molar-refractivity contribution in [3.63, 3.8) is 0 Å². The van der Waals surface area contributed by atoms with E-state index in [1.807, 2.05) is 62.4 Å². The van der Waals surface area contributed by atoms with Gasteiger partial charge >= 0.3 is 12.1 Å². The molecule has 0 aliphatic heterocycles. The molecule has 166 valence electrons. The van der Waals surface area contributed by atoms with Gasteiger partial charge in [-0.05, 0) is 42.0 Å². The highest BCUT2D eigenvalue weighted by Gasteiger charge is 2.29. The molecule has 2 rings (SSSR count). The van der Waals surface area contributed by atoms with Crippen LogP contribution in [-0.4, -0.2) is 35.2 Å². The monoisotopic (exact) mass is 426 g/mol. The van der Waals surface area contributed by atoms with Crippen molar-refractivity contribution in [2.45, 2.75) is 52.8 Å². The van der Waals surface area contributed by atoms with Crippen molar-refractivity contribution >= 4 is 18.0 Å². The average molecular weight is 427 g/mol. The molecule has 0 spiro atoms. The molecule has 0 unspecified atom stereocenters. The molecule has 0 fully saturated rings. The lowest BCUT2D eigenvalue weighted by Gasteiger charge is -2.24. The minimum absolute atomic E-state index is 0.0730. The van der Waals surface area contributed by atoms with Crippen LogP contribution in [-0.2, 0) is 27.4 Å². The molecule has 2 aromatic rings. The number of carboxylic acid groups (broad SMARTS) is 1. The lowest BCUT2D eigenvalue weighted by Crippen LogP contribution is -2.54. The Morgan fingerprint density at radius 1 is 0.935 bits per heavy atom. The normalized spacial score (nSPS) is 12.7. The first-order valence-electron chi connectivity index (χ1n) is 10.2. The standard InChI is InChI=1S/C24H30N2O5/c1-15(2)21(26-24(30)31-14-18-8-6-5-7-9-18)22(27)25-20(23(28)29)13-19-11-10-16(3)17(4)12-19/h5-12,15,20-21H,13-14H2,1-4H3,(H,25,27)(H,26,30)(H,28,29)/t20-,21-/m0/s1. The minimum Gasteiger partial charge on any atom is -0.480 e. The Labute approximate surface area is 182 Å². The van der Waals surface area contributed by atoms with Crippen molar-refractivity contribution in [1.82, 2.24) is 10.6 Å². The summed E-state index contributed by atoms with van der Waals surface area (Å²) in [4.78, 5) is 36.7. The van der Waals surface area contributed by atoms with Crippen molar-refractivity contribution in [2.24, 2.45) is 5.92 Å². The molecule has 31 heavy (non-hydrogen) atoms. The molecule has 0 bridgehead atoms. The summed E-state index contributed by atoms with van der Waals surface area (Å²) in [5.74, 6) is -1.97. The maximum absolute atomic E-state index is 12.8. The summed E-state index contributed by atoms with van der Waals surface area (Å²) in [6, 6.07) is 12.8. The fourth-order valence-corrected chi connectivity index (χ4v) is 3.05. The topological polar surface area (TPSA) is 105 Å². The lowest BCUT2D eigenvalue weighted by molar-refractivity contribution is -0.142. The summed E-state index contributed by atoms with van der Waals surface area (Å²) in [5.41, 5.74) is 3.79. The third-order valence-electron chi connectivity index (χ3n) is 5.06. The van der Waals surface area contributed by atoms with Gasteiger partial charge in [-0.2, -0.15) is 0 Å². The maximum Gasteiger partial charge on any atom is 0.408 e. The van der Waals surface area contributed by atoms with Crippen LogP contribution in [0.25, 0.3) is 0 Å². The van der Waals surface area contributed by atoms with Gasteiger partial charge in [0.2, 0.25) is 5.91 Å². The SMILES string of the molecule is Cc1ccc(C[C@H](NC(=O)[C@@H](NC(=O)OCc2ccccc2)C(C)C)C(=O)O)cc1C. The van der Waals surface area contributed by atoms with Crippen molar-refractivity contribution < 1.29 is 24.2 Å². The number of aliphatic carboxylic acids is 1. The van der Waals surface area contributed by atoms with E-state index in [0.717, 1.165) is 22.3 Å². The molecule has 2 aromatic carbocycles. The van der Waals surface area contributed by atoms with Gasteiger partial charge in [0, 0.05) is 6.42 Å². The molecule has 0 aromatic heterocycles. The predicted octanol–water partition coefficient (Wildman–Crippen LogP) is 3.37. The quantitative estimate of drug-likeness (QED) is 0.570. The Bertz CT molecular complexity index is 911. The summed E-state index contributed by atoms with van der Waals surface area (Å²) in [6.07, 6.45) is -0.593. The molecule has 7 nitrogen and oxygen atoms in total. The van der Waals surface area contributed by atoms with Gasteiger partial charge in [-0.3, -0.25) is 4.79 Å². The zero-order chi connectivity index (χ0) is 23.0. The number of rotatable bonds is 9. The first-order valence-corrected chi connectivity index (χ1v) is 10.2. The summed E-state index contributed by atoms with van der Waals surface area (Å²) < 4.78 is 5.18. The fourth-order valence-electron chi connectivity index (χ4n) is 3.05. The molecule has 0 saturated heterocycles. The summed E-state index contributed by atoms with van der Waals surface area (Å²) in [5, 5.41) is 14.7. The minimum atomic E-state index is -1.14. The Kier molecular flexibility index (Phi) is 8.61. The van der Waals surface area contributed by atoms with E-state index in [0.29, 0.717) is 0 Å². The number of ether oxygens (including phenoxy) is 1. The molecule has 0 aliphatic rings. The van der Waals surface area contributed by atoms with E-state index in [1.54, 1.807) is 13.8 Å². The number of carboxylic acids is 1. The van der Waals surface area contributed by atoms with E-state index < -0.39 is 30.1 Å². The van der Waals surface area contributed by atoms with Crippen LogP contribution in [0.1, 0.15) is 36.1 Å². The number of benzene rings is 2. The zero-order valence-corrected chi connectivity index (χ0v) is 18.3. The number of nitrogens with one attached hydrogen (secondary N) is 2. The Morgan fingerprint density at radius 3 is 2.19 bits per heavy atom. The van der Waals surface area contributed by atoms with E-state index in [4.69, 9.17) is 4.74 Å². The second kappa shape index (κ2) is 11.2. The van der Waals surface area contributed by atoms with Gasteiger partial charge in [0.1, 0.15) is 18.7 Å². The number of carbonyl (C=O) groups excluding carboxylic acids is 2. The Hall–Kier alpha value is -3.35. The van der Waals surface area contributed by atoms with Crippen LogP contribution in [0.2, 0.25) is 0 Å². The molecule has 0 aliphatic carbocycles. The zero-order valence-electron chi connectivity index (χ0n) is 18.3. The van der Waals surface area contributed by atoms with Crippen molar-refractivity contribution in [2.75, 3.05) is 0 Å². The molecular formula is C24H30N2O5. The molecule has 2 amide bonds. The molecule has 3 N–H and O–H groups in total. The second-order valence-corrected chi connectivity index (χ2v) is 7.95. The van der Waals surface area contributed by atoms with Gasteiger partial charge in [0.25, 0.3) is 0 Å². The fraction of sp³-hybridized carbons (Fsp3) is 0.375. The van der Waals surface area contributed by atoms with Crippen LogP contribution in [0.4, 0.5) is 4.79 Å². The van der Waals surface area contributed by atoms with E-state index in [9.17, 15) is 19.5 Å². The van der Waals surface area contributed by atoms with Crippen LogP contribution < -0.4 is 10.6 Å². The number of carbonyl (C=O) groups is 3. The van der Waals surface area contributed by atoms with Crippen LogP contribution in [0.5, 0.6) is 0 Å². The lowest BCUT2D eigenvalue weighted by atomic mass is 9.99. The van der Waals surface area contributed by atoms with Crippen LogP contribution in [0.3, 0.4) is 0 Å². The Balaban J connectivity index is 2.00. The summed E-state index contributed by atoms with van der Waals surface area (Å²) in [7, 11) is 0. The molecule has 0 heterocycles. The highest BCUT2D eigenvalue weighted by atomic mass is 16.5. The van der Waals surface area contributed by atoms with Gasteiger partial charge in [-0.15, -0.1) is 0 Å². The molecule has 7 heteroatoms. The first kappa shape index (κ1) is 23.9. The number of hydrogen-bond donors (Lipinski definition) is 3. The van der Waals surface area contributed by atoms with E-state index in [2.05, 4.69) is 10.6 Å². The van der Waals surface area contributed by atoms with Gasteiger partial charge in [-0.1, -0.05) is 62.4 Å². The van der Waals surface area contributed by atoms with Crippen molar-refractivity contribution in [1.29, 1.82) is 0 Å². The third kappa shape index (κ3) is 7.44. The van der Waals surface area contributed by atoms with Crippen LogP contribution in [0.15, 0.2) is 48.5 Å². The maximum atomic E-state index is 12.8. The number of hydrogen-bond acceptors (Lipinski definition) is 4. The molecule has 2 atom stereocenters. The van der Waals surface area contributed by atoms with Crippen LogP contribution >= 0.6 is 0 Å². The van der Waals surface area contributed by atoms with E-state index in [-0.39, 0.29) is 18.9 Å². The largest absolute Gasteiger partial charge is 0.480 e. The second-order valence-electron chi connectivity index (χ2n) is 7.95. The first-order chi connectivity index (χ1) is 14.7. The van der Waals surface area contributed by atoms with Gasteiger partial charge < -0.3 is 20.5 Å². The van der Waals surface area contributed by atoms with E-state index >= 15 is 0 Å². The number of aryl methyl sites for hydroxylation is 2. The summed E-state index contributed by atoms with van der Waals surface area (Å²) in [6.45, 7) is 7.53. The molecule has 0 saturated carbocycles. The van der Waals surface area contributed by atoms with Gasteiger partial charge in [0.05, 0.1) is 0 Å². The molecule has 0 radical (unpaired) electrons.